The second kappa shape index (κ2) is 4.03. The van der Waals surface area contributed by atoms with Crippen LogP contribution in [0.25, 0.3) is 0 Å². The van der Waals surface area contributed by atoms with Crippen LogP contribution in [0.15, 0.2) is 17.9 Å². The Kier molecular flexibility index (Phi) is 2.63. The maximum atomic E-state index is 11.7. The van der Waals surface area contributed by atoms with Crippen molar-refractivity contribution in [2.75, 3.05) is 0 Å². The summed E-state index contributed by atoms with van der Waals surface area (Å²) in [6.45, 7) is 1.86. The van der Waals surface area contributed by atoms with Crippen LogP contribution in [-0.4, -0.2) is 11.6 Å². The molecule has 17 heavy (non-hydrogen) atoms. The third kappa shape index (κ3) is 2.07. The highest BCUT2D eigenvalue weighted by Crippen LogP contribution is 2.57. The number of rotatable bonds is 2. The number of carbonyl (C=O) groups excluding carboxylic acids is 1. The van der Waals surface area contributed by atoms with Crippen LogP contribution in [0.2, 0.25) is 0 Å². The molecular formula is C15H20O2. The molecule has 4 bridgehead atoms. The number of carbonyl (C=O) groups is 1. The van der Waals surface area contributed by atoms with Gasteiger partial charge in [0, 0.05) is 0 Å². The Morgan fingerprint density at radius 2 is 1.71 bits per heavy atom. The molecule has 0 amide bonds. The minimum absolute atomic E-state index is 0.113. The summed E-state index contributed by atoms with van der Waals surface area (Å²) in [5, 5.41) is 0. The van der Waals surface area contributed by atoms with Gasteiger partial charge in [0.15, 0.2) is 0 Å². The molecule has 0 aliphatic heterocycles. The van der Waals surface area contributed by atoms with Crippen LogP contribution in [-0.2, 0) is 9.53 Å². The minimum Gasteiger partial charge on any atom is -0.455 e. The van der Waals surface area contributed by atoms with Crippen molar-refractivity contribution in [2.45, 2.75) is 51.0 Å². The Morgan fingerprint density at radius 3 is 2.18 bits per heavy atom. The van der Waals surface area contributed by atoms with E-state index in [-0.39, 0.29) is 11.6 Å². The first-order valence-electron chi connectivity index (χ1n) is 6.79. The molecule has 4 fully saturated rings. The van der Waals surface area contributed by atoms with Gasteiger partial charge >= 0.3 is 5.97 Å². The normalized spacial score (nSPS) is 41.8. The predicted octanol–water partition coefficient (Wildman–Crippen LogP) is 3.23. The highest BCUT2D eigenvalue weighted by Gasteiger charge is 2.52. The second-order valence-electron chi connectivity index (χ2n) is 6.12. The molecule has 0 aromatic carbocycles. The van der Waals surface area contributed by atoms with Gasteiger partial charge in [-0.05, 0) is 69.3 Å². The molecule has 0 spiro atoms. The predicted molar refractivity (Wildman–Crippen MR) is 65.3 cm³/mol. The highest BCUT2D eigenvalue weighted by molar-refractivity contribution is 5.82. The van der Waals surface area contributed by atoms with Gasteiger partial charge in [0.2, 0.25) is 0 Å². The van der Waals surface area contributed by atoms with E-state index in [0.717, 1.165) is 37.0 Å². The van der Waals surface area contributed by atoms with E-state index in [4.69, 9.17) is 4.74 Å². The Hall–Kier alpha value is -1.01. The van der Waals surface area contributed by atoms with Crippen LogP contribution in [0, 0.1) is 17.8 Å². The van der Waals surface area contributed by atoms with Gasteiger partial charge < -0.3 is 4.74 Å². The molecule has 0 aromatic heterocycles. The van der Waals surface area contributed by atoms with Crippen LogP contribution in [0.3, 0.4) is 0 Å². The summed E-state index contributed by atoms with van der Waals surface area (Å²) in [4.78, 5) is 11.7. The van der Waals surface area contributed by atoms with Gasteiger partial charge in [0.1, 0.15) is 5.60 Å². The van der Waals surface area contributed by atoms with Crippen molar-refractivity contribution in [2.24, 2.45) is 17.8 Å². The van der Waals surface area contributed by atoms with E-state index in [0.29, 0.717) is 0 Å². The fraction of sp³-hybridized carbons (Fsp3) is 0.733. The summed E-state index contributed by atoms with van der Waals surface area (Å²) in [7, 11) is 0. The number of hydrogen-bond donors (Lipinski definition) is 0. The van der Waals surface area contributed by atoms with Gasteiger partial charge in [-0.25, -0.2) is 4.79 Å². The lowest BCUT2D eigenvalue weighted by atomic mass is 9.54. The van der Waals surface area contributed by atoms with Gasteiger partial charge in [-0.3, -0.25) is 0 Å². The van der Waals surface area contributed by atoms with Crippen molar-refractivity contribution in [3.8, 4) is 0 Å². The molecule has 4 saturated carbocycles. The highest BCUT2D eigenvalue weighted by atomic mass is 16.6. The zero-order valence-corrected chi connectivity index (χ0v) is 10.4. The quantitative estimate of drug-likeness (QED) is 0.415. The summed E-state index contributed by atoms with van der Waals surface area (Å²) in [5.74, 6) is 2.25. The van der Waals surface area contributed by atoms with Crippen LogP contribution >= 0.6 is 0 Å². The fourth-order valence-corrected chi connectivity index (χ4v) is 4.55. The molecular weight excluding hydrogens is 212 g/mol. The molecule has 2 heteroatoms. The Labute approximate surface area is 103 Å². The van der Waals surface area contributed by atoms with Crippen molar-refractivity contribution in [1.29, 1.82) is 0 Å². The van der Waals surface area contributed by atoms with Crippen LogP contribution in [0.4, 0.5) is 0 Å². The van der Waals surface area contributed by atoms with Gasteiger partial charge in [-0.1, -0.05) is 0 Å². The summed E-state index contributed by atoms with van der Waals surface area (Å²) < 4.78 is 5.78. The zero-order chi connectivity index (χ0) is 11.9. The maximum absolute atomic E-state index is 11.7. The molecule has 0 N–H and O–H groups in total. The van der Waals surface area contributed by atoms with Gasteiger partial charge in [0.05, 0.1) is 6.08 Å². The van der Waals surface area contributed by atoms with E-state index < -0.39 is 0 Å². The van der Waals surface area contributed by atoms with Crippen molar-refractivity contribution in [3.05, 3.63) is 17.9 Å². The molecule has 4 aliphatic rings. The molecule has 4 rings (SSSR count). The SMILES string of the molecule is CC=C=CC(=O)OC12CC3CC(CC(C3)C1)C2. The second-order valence-corrected chi connectivity index (χ2v) is 6.12. The molecule has 2 nitrogen and oxygen atoms in total. The van der Waals surface area contributed by atoms with Crippen LogP contribution in [0.5, 0.6) is 0 Å². The lowest BCUT2D eigenvalue weighted by molar-refractivity contribution is -0.181. The summed E-state index contributed by atoms with van der Waals surface area (Å²) in [6, 6.07) is 0. The molecule has 0 heterocycles. The minimum atomic E-state index is -0.204. The third-order valence-electron chi connectivity index (χ3n) is 4.67. The van der Waals surface area contributed by atoms with Crippen LogP contribution in [0.1, 0.15) is 45.4 Å². The molecule has 0 aromatic rings. The Bertz CT molecular complexity index is 352. The monoisotopic (exact) mass is 232 g/mol. The van der Waals surface area contributed by atoms with Gasteiger partial charge in [0.25, 0.3) is 0 Å². The van der Waals surface area contributed by atoms with Crippen molar-refractivity contribution in [3.63, 3.8) is 0 Å². The molecule has 0 saturated heterocycles. The van der Waals surface area contributed by atoms with E-state index in [1.54, 1.807) is 6.08 Å². The summed E-state index contributed by atoms with van der Waals surface area (Å²) in [6.07, 6.45) is 10.6. The van der Waals surface area contributed by atoms with Crippen molar-refractivity contribution < 1.29 is 9.53 Å². The van der Waals surface area contributed by atoms with Crippen molar-refractivity contribution in [1.82, 2.24) is 0 Å². The van der Waals surface area contributed by atoms with E-state index in [2.05, 4.69) is 5.73 Å². The Morgan fingerprint density at radius 1 is 1.18 bits per heavy atom. The first-order chi connectivity index (χ1) is 8.19. The van der Waals surface area contributed by atoms with Gasteiger partial charge in [-0.2, -0.15) is 0 Å². The first-order valence-corrected chi connectivity index (χ1v) is 6.79. The van der Waals surface area contributed by atoms with Crippen molar-refractivity contribution >= 4 is 5.97 Å². The van der Waals surface area contributed by atoms with E-state index >= 15 is 0 Å². The average molecular weight is 232 g/mol. The molecule has 0 radical (unpaired) electrons. The van der Waals surface area contributed by atoms with Gasteiger partial charge in [-0.15, -0.1) is 5.73 Å². The largest absolute Gasteiger partial charge is 0.455 e. The molecule has 0 atom stereocenters. The third-order valence-corrected chi connectivity index (χ3v) is 4.67. The smallest absolute Gasteiger partial charge is 0.339 e. The van der Waals surface area contributed by atoms with E-state index in [9.17, 15) is 4.79 Å². The molecule has 0 unspecified atom stereocenters. The Balaban J connectivity index is 1.74. The fourth-order valence-electron chi connectivity index (χ4n) is 4.55. The zero-order valence-electron chi connectivity index (χ0n) is 10.4. The van der Waals surface area contributed by atoms with E-state index in [1.165, 1.54) is 25.3 Å². The topological polar surface area (TPSA) is 26.3 Å². The average Bonchev–Trinajstić information content (AvgIpc) is 2.23. The first kappa shape index (κ1) is 11.1. The lowest BCUT2D eigenvalue weighted by Crippen LogP contribution is -2.52. The molecule has 4 aliphatic carbocycles. The van der Waals surface area contributed by atoms with E-state index in [1.807, 2.05) is 6.92 Å². The lowest BCUT2D eigenvalue weighted by Gasteiger charge is -2.55. The number of ether oxygens (including phenoxy) is 1. The summed E-state index contributed by atoms with van der Waals surface area (Å²) >= 11 is 0. The molecule has 92 valence electrons. The number of esters is 1. The standard InChI is InChI=1S/C15H20O2/c1-2-3-4-14(16)17-15-8-11-5-12(9-15)7-13(6-11)10-15/h2,4,11-13H,5-10H2,1H3. The van der Waals surface area contributed by atoms with Crippen LogP contribution < -0.4 is 0 Å². The maximum Gasteiger partial charge on any atom is 0.339 e. The summed E-state index contributed by atoms with van der Waals surface area (Å²) in [5.41, 5.74) is 2.69. The number of hydrogen-bond acceptors (Lipinski definition) is 2.